The topological polar surface area (TPSA) is 29.9 Å². The van der Waals surface area contributed by atoms with Crippen molar-refractivity contribution in [3.8, 4) is 0 Å². The minimum Gasteiger partial charge on any atom is -0.309 e. The molecular weight excluding hydrogens is 438 g/mol. The van der Waals surface area contributed by atoms with Gasteiger partial charge in [0, 0.05) is 28.9 Å². The number of nitrogens with zero attached hydrogens (tertiary/aromatic N) is 2. The Morgan fingerprint density at radius 2 is 2.14 bits per heavy atom. The monoisotopic (exact) mass is 453 g/mol. The molecule has 0 fully saturated rings. The summed E-state index contributed by atoms with van der Waals surface area (Å²) in [4.78, 5) is 1.28. The van der Waals surface area contributed by atoms with Gasteiger partial charge in [-0.3, -0.25) is 4.68 Å². The molecule has 0 bridgehead atoms. The highest BCUT2D eigenvalue weighted by molar-refractivity contribution is 9.13. The standard InChI is InChI=1S/C14H18Br2ClN3S/c1-4-9-13(17)11(20(3)19-9)7-10(18-5-2)12-6-8(15)14(16)21-12/h6,10,18H,4-5,7H2,1-3H3. The second-order valence-corrected chi connectivity index (χ2v) is 8.40. The van der Waals surface area contributed by atoms with Crippen LogP contribution < -0.4 is 5.32 Å². The normalized spacial score (nSPS) is 12.9. The number of rotatable bonds is 6. The predicted molar refractivity (Wildman–Crippen MR) is 97.4 cm³/mol. The van der Waals surface area contributed by atoms with Crippen LogP contribution in [-0.4, -0.2) is 16.3 Å². The van der Waals surface area contributed by atoms with Crippen LogP contribution in [0.25, 0.3) is 0 Å². The van der Waals surface area contributed by atoms with Gasteiger partial charge in [0.25, 0.3) is 0 Å². The predicted octanol–water partition coefficient (Wildman–Crippen LogP) is 5.12. The maximum Gasteiger partial charge on any atom is 0.0850 e. The SMILES string of the molecule is CCNC(Cc1c(Cl)c(CC)nn1C)c1cc(Br)c(Br)s1. The molecule has 0 saturated carbocycles. The van der Waals surface area contributed by atoms with E-state index in [0.717, 1.165) is 44.1 Å². The molecule has 0 amide bonds. The first-order valence-corrected chi connectivity index (χ1v) is 9.64. The van der Waals surface area contributed by atoms with Crippen LogP contribution in [-0.2, 0) is 19.9 Å². The van der Waals surface area contributed by atoms with Crippen molar-refractivity contribution in [2.75, 3.05) is 6.54 Å². The lowest BCUT2D eigenvalue weighted by Gasteiger charge is -2.16. The molecule has 0 saturated heterocycles. The summed E-state index contributed by atoms with van der Waals surface area (Å²) >= 11 is 15.3. The molecule has 7 heteroatoms. The molecule has 0 aromatic carbocycles. The fraction of sp³-hybridized carbons (Fsp3) is 0.500. The van der Waals surface area contributed by atoms with Gasteiger partial charge in [0.1, 0.15) is 0 Å². The van der Waals surface area contributed by atoms with E-state index >= 15 is 0 Å². The quantitative estimate of drug-likeness (QED) is 0.656. The van der Waals surface area contributed by atoms with E-state index < -0.39 is 0 Å². The van der Waals surface area contributed by atoms with Crippen molar-refractivity contribution in [1.29, 1.82) is 0 Å². The van der Waals surface area contributed by atoms with Crippen molar-refractivity contribution in [1.82, 2.24) is 15.1 Å². The van der Waals surface area contributed by atoms with E-state index in [2.05, 4.69) is 62.2 Å². The van der Waals surface area contributed by atoms with Crippen LogP contribution in [0.1, 0.15) is 36.2 Å². The Morgan fingerprint density at radius 3 is 2.62 bits per heavy atom. The molecule has 2 rings (SSSR count). The Bertz CT molecular complexity index is 605. The summed E-state index contributed by atoms with van der Waals surface area (Å²) in [6.45, 7) is 5.11. The minimum absolute atomic E-state index is 0.236. The molecule has 21 heavy (non-hydrogen) atoms. The summed E-state index contributed by atoms with van der Waals surface area (Å²) in [6, 6.07) is 2.40. The number of nitrogens with one attached hydrogen (secondary N) is 1. The molecule has 0 aliphatic carbocycles. The average Bonchev–Trinajstić information content (AvgIpc) is 2.92. The highest BCUT2D eigenvalue weighted by Crippen LogP contribution is 2.37. The van der Waals surface area contributed by atoms with Crippen LogP contribution in [0.3, 0.4) is 0 Å². The number of hydrogen-bond acceptors (Lipinski definition) is 3. The first-order chi connectivity index (χ1) is 9.97. The number of thiophene rings is 1. The minimum atomic E-state index is 0.236. The lowest BCUT2D eigenvalue weighted by Crippen LogP contribution is -2.23. The third-order valence-electron chi connectivity index (χ3n) is 3.36. The van der Waals surface area contributed by atoms with Gasteiger partial charge in [-0.1, -0.05) is 25.4 Å². The van der Waals surface area contributed by atoms with Gasteiger partial charge in [-0.05, 0) is 50.9 Å². The second kappa shape index (κ2) is 7.59. The Morgan fingerprint density at radius 1 is 1.43 bits per heavy atom. The van der Waals surface area contributed by atoms with Gasteiger partial charge in [0.2, 0.25) is 0 Å². The Hall–Kier alpha value is 0.120. The molecule has 3 nitrogen and oxygen atoms in total. The van der Waals surface area contributed by atoms with Crippen LogP contribution in [0, 0.1) is 0 Å². The third kappa shape index (κ3) is 3.91. The largest absolute Gasteiger partial charge is 0.309 e. The second-order valence-electron chi connectivity index (χ2n) is 4.77. The van der Waals surface area contributed by atoms with Crippen LogP contribution in [0.5, 0.6) is 0 Å². The zero-order valence-electron chi connectivity index (χ0n) is 12.2. The van der Waals surface area contributed by atoms with Gasteiger partial charge in [-0.2, -0.15) is 5.10 Å². The van der Waals surface area contributed by atoms with Crippen LogP contribution in [0.4, 0.5) is 0 Å². The van der Waals surface area contributed by atoms with E-state index in [1.165, 1.54) is 4.88 Å². The third-order valence-corrected chi connectivity index (χ3v) is 7.16. The van der Waals surface area contributed by atoms with Gasteiger partial charge in [0.05, 0.1) is 20.2 Å². The van der Waals surface area contributed by atoms with Crippen molar-refractivity contribution in [2.24, 2.45) is 7.05 Å². The molecule has 2 heterocycles. The number of halogens is 3. The summed E-state index contributed by atoms with van der Waals surface area (Å²) in [5.41, 5.74) is 2.05. The van der Waals surface area contributed by atoms with Crippen LogP contribution in [0.2, 0.25) is 5.02 Å². The summed E-state index contributed by atoms with van der Waals surface area (Å²) in [6.07, 6.45) is 1.68. The van der Waals surface area contributed by atoms with E-state index in [1.807, 2.05) is 11.7 Å². The van der Waals surface area contributed by atoms with Gasteiger partial charge in [-0.15, -0.1) is 11.3 Å². The fourth-order valence-corrected chi connectivity index (χ4v) is 4.83. The number of hydrogen-bond donors (Lipinski definition) is 1. The Labute approximate surface area is 151 Å². The first kappa shape index (κ1) is 17.5. The van der Waals surface area contributed by atoms with Crippen LogP contribution >= 0.6 is 54.8 Å². The number of aromatic nitrogens is 2. The van der Waals surface area contributed by atoms with Gasteiger partial charge in [0.15, 0.2) is 0 Å². The highest BCUT2D eigenvalue weighted by atomic mass is 79.9. The molecule has 0 radical (unpaired) electrons. The van der Waals surface area contributed by atoms with E-state index in [0.29, 0.717) is 0 Å². The van der Waals surface area contributed by atoms with Crippen molar-refractivity contribution < 1.29 is 0 Å². The Kier molecular flexibility index (Phi) is 6.32. The molecule has 0 aliphatic rings. The molecule has 0 aliphatic heterocycles. The Balaban J connectivity index is 2.30. The molecule has 1 atom stereocenters. The van der Waals surface area contributed by atoms with Crippen molar-refractivity contribution >= 4 is 54.8 Å². The molecule has 0 spiro atoms. The van der Waals surface area contributed by atoms with Crippen LogP contribution in [0.15, 0.2) is 14.3 Å². The van der Waals surface area contributed by atoms with Crippen molar-refractivity contribution in [3.63, 3.8) is 0 Å². The number of aryl methyl sites for hydroxylation is 2. The van der Waals surface area contributed by atoms with E-state index in [9.17, 15) is 0 Å². The first-order valence-electron chi connectivity index (χ1n) is 6.86. The number of likely N-dealkylation sites (N-methyl/N-ethyl adjacent to an activating group) is 1. The molecule has 2 aromatic rings. The highest BCUT2D eigenvalue weighted by Gasteiger charge is 2.21. The lowest BCUT2D eigenvalue weighted by molar-refractivity contribution is 0.535. The van der Waals surface area contributed by atoms with E-state index in [1.54, 1.807) is 11.3 Å². The summed E-state index contributed by atoms with van der Waals surface area (Å²) in [5.74, 6) is 0. The van der Waals surface area contributed by atoms with Gasteiger partial charge < -0.3 is 5.32 Å². The van der Waals surface area contributed by atoms with Crippen molar-refractivity contribution in [2.45, 2.75) is 32.7 Å². The average molecular weight is 456 g/mol. The molecule has 1 N–H and O–H groups in total. The summed E-state index contributed by atoms with van der Waals surface area (Å²) < 4.78 is 4.12. The maximum atomic E-state index is 6.47. The fourth-order valence-electron chi connectivity index (χ4n) is 2.29. The lowest BCUT2D eigenvalue weighted by atomic mass is 10.1. The summed E-state index contributed by atoms with van der Waals surface area (Å²) in [5, 5.41) is 8.84. The van der Waals surface area contributed by atoms with Gasteiger partial charge in [-0.25, -0.2) is 0 Å². The summed E-state index contributed by atoms with van der Waals surface area (Å²) in [7, 11) is 1.96. The maximum absolute atomic E-state index is 6.47. The van der Waals surface area contributed by atoms with Crippen molar-refractivity contribution in [3.05, 3.63) is 35.6 Å². The zero-order chi connectivity index (χ0) is 15.6. The smallest absolute Gasteiger partial charge is 0.0850 e. The van der Waals surface area contributed by atoms with Gasteiger partial charge >= 0.3 is 0 Å². The van der Waals surface area contributed by atoms with E-state index in [-0.39, 0.29) is 6.04 Å². The van der Waals surface area contributed by atoms with E-state index in [4.69, 9.17) is 11.6 Å². The molecule has 2 aromatic heterocycles. The zero-order valence-corrected chi connectivity index (χ0v) is 17.0. The molecular formula is C14H18Br2ClN3S. The molecule has 1 unspecified atom stereocenters. The molecule has 116 valence electrons.